The van der Waals surface area contributed by atoms with Crippen molar-refractivity contribution in [3.63, 3.8) is 0 Å². The Balaban J connectivity index is 2.55. The first-order valence-corrected chi connectivity index (χ1v) is 6.52. The Morgan fingerprint density at radius 3 is 2.71 bits per heavy atom. The van der Waals surface area contributed by atoms with E-state index < -0.39 is 12.0 Å². The summed E-state index contributed by atoms with van der Waals surface area (Å²) in [7, 11) is 0. The molecule has 4 nitrogen and oxygen atoms in total. The predicted molar refractivity (Wildman–Crippen MR) is 67.0 cm³/mol. The molecule has 0 unspecified atom stereocenters. The number of hydrogen-bond donors (Lipinski definition) is 2. The minimum Gasteiger partial charge on any atom is -0.480 e. The zero-order valence-electron chi connectivity index (χ0n) is 9.97. The lowest BCUT2D eigenvalue weighted by atomic mass is 9.99. The van der Waals surface area contributed by atoms with E-state index in [4.69, 9.17) is 5.11 Å². The van der Waals surface area contributed by atoms with Crippen LogP contribution in [0.25, 0.3) is 0 Å². The first-order chi connectivity index (χ1) is 8.04. The average molecular weight is 255 g/mol. The number of carboxylic acids is 1. The summed E-state index contributed by atoms with van der Waals surface area (Å²) in [6, 6.07) is 1.06. The van der Waals surface area contributed by atoms with Crippen LogP contribution in [0.2, 0.25) is 0 Å². The number of thiophene rings is 1. The molecule has 1 aromatic rings. The highest BCUT2D eigenvalue weighted by Crippen LogP contribution is 2.10. The Hall–Kier alpha value is -1.36. The zero-order valence-corrected chi connectivity index (χ0v) is 10.8. The van der Waals surface area contributed by atoms with Gasteiger partial charge in [0, 0.05) is 0 Å². The molecule has 0 aliphatic heterocycles. The van der Waals surface area contributed by atoms with Crippen molar-refractivity contribution in [1.29, 1.82) is 0 Å². The average Bonchev–Trinajstić information content (AvgIpc) is 2.77. The number of amides is 1. The van der Waals surface area contributed by atoms with E-state index in [2.05, 4.69) is 5.32 Å². The minimum atomic E-state index is -0.974. The van der Waals surface area contributed by atoms with Crippen molar-refractivity contribution in [2.75, 3.05) is 0 Å². The molecule has 0 aromatic carbocycles. The fourth-order valence-corrected chi connectivity index (χ4v) is 2.15. The third-order valence-corrected chi connectivity index (χ3v) is 3.47. The molecule has 94 valence electrons. The van der Waals surface area contributed by atoms with E-state index in [1.807, 2.05) is 30.7 Å². The molecule has 1 aromatic heterocycles. The second-order valence-electron chi connectivity index (χ2n) is 4.08. The van der Waals surface area contributed by atoms with Gasteiger partial charge in [0.15, 0.2) is 0 Å². The molecule has 2 N–H and O–H groups in total. The molecule has 0 aliphatic rings. The molecule has 1 heterocycles. The highest BCUT2D eigenvalue weighted by atomic mass is 32.1. The van der Waals surface area contributed by atoms with Gasteiger partial charge < -0.3 is 10.4 Å². The Kier molecular flexibility index (Phi) is 5.15. The van der Waals surface area contributed by atoms with Crippen LogP contribution >= 0.6 is 11.3 Å². The van der Waals surface area contributed by atoms with Crippen molar-refractivity contribution in [3.8, 4) is 0 Å². The third-order valence-electron chi connectivity index (χ3n) is 2.74. The van der Waals surface area contributed by atoms with Gasteiger partial charge in [0.1, 0.15) is 6.04 Å². The molecule has 0 radical (unpaired) electrons. The molecule has 2 atom stereocenters. The summed E-state index contributed by atoms with van der Waals surface area (Å²) in [6.45, 7) is 3.73. The van der Waals surface area contributed by atoms with Gasteiger partial charge in [-0.25, -0.2) is 4.79 Å². The first kappa shape index (κ1) is 13.7. The van der Waals surface area contributed by atoms with Gasteiger partial charge in [0.05, 0.1) is 6.42 Å². The molecule has 0 aliphatic carbocycles. The van der Waals surface area contributed by atoms with Crippen LogP contribution in [0, 0.1) is 5.92 Å². The normalized spacial score (nSPS) is 14.0. The second-order valence-corrected chi connectivity index (χ2v) is 4.86. The van der Waals surface area contributed by atoms with E-state index in [0.717, 1.165) is 12.0 Å². The van der Waals surface area contributed by atoms with Crippen LogP contribution in [0.4, 0.5) is 0 Å². The molecule has 1 amide bonds. The summed E-state index contributed by atoms with van der Waals surface area (Å²) in [5.74, 6) is -1.28. The predicted octanol–water partition coefficient (Wildman–Crippen LogP) is 1.91. The van der Waals surface area contributed by atoms with Gasteiger partial charge in [-0.1, -0.05) is 20.3 Å². The van der Waals surface area contributed by atoms with Crippen molar-refractivity contribution >= 4 is 23.2 Å². The summed E-state index contributed by atoms with van der Waals surface area (Å²) >= 11 is 1.52. The van der Waals surface area contributed by atoms with E-state index in [1.165, 1.54) is 11.3 Å². The maximum Gasteiger partial charge on any atom is 0.326 e. The summed E-state index contributed by atoms with van der Waals surface area (Å²) < 4.78 is 0. The molecule has 0 saturated heterocycles. The molecule has 5 heteroatoms. The summed E-state index contributed by atoms with van der Waals surface area (Å²) in [4.78, 5) is 22.7. The van der Waals surface area contributed by atoms with Crippen molar-refractivity contribution in [2.24, 2.45) is 5.92 Å². The van der Waals surface area contributed by atoms with E-state index in [1.54, 1.807) is 0 Å². The molecule has 0 fully saturated rings. The van der Waals surface area contributed by atoms with Crippen LogP contribution in [0.3, 0.4) is 0 Å². The minimum absolute atomic E-state index is 0.0704. The summed E-state index contributed by atoms with van der Waals surface area (Å²) in [5, 5.41) is 15.4. The standard InChI is InChI=1S/C12H17NO3S/c1-3-8(2)11(12(15)16)13-10(14)6-9-4-5-17-7-9/h4-5,7-8,11H,3,6H2,1-2H3,(H,13,14)(H,15,16)/t8-,11-/m0/s1. The Bertz CT molecular complexity index is 375. The van der Waals surface area contributed by atoms with Gasteiger partial charge in [0.25, 0.3) is 0 Å². The molecular weight excluding hydrogens is 238 g/mol. The number of carboxylic acid groups (broad SMARTS) is 1. The van der Waals surface area contributed by atoms with E-state index in [9.17, 15) is 9.59 Å². The number of nitrogens with one attached hydrogen (secondary N) is 1. The second kappa shape index (κ2) is 6.39. The van der Waals surface area contributed by atoms with Crippen LogP contribution < -0.4 is 5.32 Å². The van der Waals surface area contributed by atoms with Crippen molar-refractivity contribution in [3.05, 3.63) is 22.4 Å². The number of carbonyl (C=O) groups is 2. The molecule has 0 bridgehead atoms. The third kappa shape index (κ3) is 4.19. The first-order valence-electron chi connectivity index (χ1n) is 5.57. The molecular formula is C12H17NO3S. The fourth-order valence-electron chi connectivity index (χ4n) is 1.49. The van der Waals surface area contributed by atoms with Gasteiger partial charge in [-0.3, -0.25) is 4.79 Å². The lowest BCUT2D eigenvalue weighted by Crippen LogP contribution is -2.45. The highest BCUT2D eigenvalue weighted by molar-refractivity contribution is 7.07. The van der Waals surface area contributed by atoms with E-state index in [-0.39, 0.29) is 18.2 Å². The molecule has 0 spiro atoms. The molecule has 0 saturated carbocycles. The van der Waals surface area contributed by atoms with E-state index in [0.29, 0.717) is 0 Å². The maximum absolute atomic E-state index is 11.7. The van der Waals surface area contributed by atoms with Crippen LogP contribution in [0.15, 0.2) is 16.8 Å². The maximum atomic E-state index is 11.7. The van der Waals surface area contributed by atoms with Gasteiger partial charge >= 0.3 is 5.97 Å². The van der Waals surface area contributed by atoms with E-state index >= 15 is 0 Å². The largest absolute Gasteiger partial charge is 0.480 e. The summed E-state index contributed by atoms with van der Waals surface area (Å²) in [5.41, 5.74) is 0.917. The SMILES string of the molecule is CC[C@H](C)[C@H](NC(=O)Cc1ccsc1)C(=O)O. The number of carbonyl (C=O) groups excluding carboxylic acids is 1. The van der Waals surface area contributed by atoms with Crippen molar-refractivity contribution in [1.82, 2.24) is 5.32 Å². The summed E-state index contributed by atoms with van der Waals surface area (Å²) in [6.07, 6.45) is 0.958. The number of hydrogen-bond acceptors (Lipinski definition) is 3. The number of rotatable bonds is 6. The van der Waals surface area contributed by atoms with Gasteiger partial charge in [-0.15, -0.1) is 0 Å². The monoisotopic (exact) mass is 255 g/mol. The van der Waals surface area contributed by atoms with Crippen LogP contribution in [0.5, 0.6) is 0 Å². The smallest absolute Gasteiger partial charge is 0.326 e. The van der Waals surface area contributed by atoms with Crippen molar-refractivity contribution < 1.29 is 14.7 Å². The fraction of sp³-hybridized carbons (Fsp3) is 0.500. The highest BCUT2D eigenvalue weighted by Gasteiger charge is 2.25. The zero-order chi connectivity index (χ0) is 12.8. The molecule has 17 heavy (non-hydrogen) atoms. The van der Waals surface area contributed by atoms with Gasteiger partial charge in [-0.2, -0.15) is 11.3 Å². The Morgan fingerprint density at radius 2 is 2.24 bits per heavy atom. The van der Waals surface area contributed by atoms with Gasteiger partial charge in [-0.05, 0) is 28.3 Å². The quantitative estimate of drug-likeness (QED) is 0.816. The van der Waals surface area contributed by atoms with Gasteiger partial charge in [0.2, 0.25) is 5.91 Å². The van der Waals surface area contributed by atoms with Crippen LogP contribution in [-0.2, 0) is 16.0 Å². The topological polar surface area (TPSA) is 66.4 Å². The Morgan fingerprint density at radius 1 is 1.53 bits per heavy atom. The Labute approximate surface area is 105 Å². The lowest BCUT2D eigenvalue weighted by molar-refractivity contribution is -0.143. The molecule has 1 rings (SSSR count). The lowest BCUT2D eigenvalue weighted by Gasteiger charge is -2.19. The van der Waals surface area contributed by atoms with Crippen molar-refractivity contribution in [2.45, 2.75) is 32.7 Å². The van der Waals surface area contributed by atoms with Crippen LogP contribution in [0.1, 0.15) is 25.8 Å². The van der Waals surface area contributed by atoms with Crippen LogP contribution in [-0.4, -0.2) is 23.0 Å². The number of aliphatic carboxylic acids is 1.